The Balaban J connectivity index is 1.47. The van der Waals surface area contributed by atoms with Gasteiger partial charge < -0.3 is 16.0 Å². The molecule has 0 saturated carbocycles. The topological polar surface area (TPSA) is 74.9 Å². The van der Waals surface area contributed by atoms with E-state index in [1.54, 1.807) is 0 Å². The lowest BCUT2D eigenvalue weighted by molar-refractivity contribution is 0.120. The largest absolute Gasteiger partial charge is 0.382 e. The monoisotopic (exact) mass is 362 g/mol. The van der Waals surface area contributed by atoms with Gasteiger partial charge in [0, 0.05) is 37.0 Å². The molecule has 1 aromatic carbocycles. The Morgan fingerprint density at radius 2 is 2.07 bits per heavy atom. The molecule has 5 rings (SSSR count). The van der Waals surface area contributed by atoms with E-state index >= 15 is 0 Å². The standard InChI is InChI=1S/C21H26N6/c1-14-8-10-26(12-15-5-3-2-4-6-15)13-18(14)27-19-16-7-9-23-21(16)24-11-17(19)20(22)25-27/h2-7,9,14,18,23-24H,8,10-13H2,1H3,(H2,22,25)/t14-,18+/m1/s1. The molecule has 0 radical (unpaired) electrons. The van der Waals surface area contributed by atoms with Crippen LogP contribution < -0.4 is 11.1 Å². The van der Waals surface area contributed by atoms with E-state index in [0.717, 1.165) is 37.6 Å². The highest BCUT2D eigenvalue weighted by Crippen LogP contribution is 2.41. The molecule has 0 amide bonds. The van der Waals surface area contributed by atoms with Crippen LogP contribution in [-0.2, 0) is 13.1 Å². The van der Waals surface area contributed by atoms with Crippen LogP contribution in [0.5, 0.6) is 0 Å². The van der Waals surface area contributed by atoms with Gasteiger partial charge in [0.2, 0.25) is 0 Å². The Labute approximate surface area is 159 Å². The second-order valence-electron chi connectivity index (χ2n) is 7.83. The fourth-order valence-electron chi connectivity index (χ4n) is 4.49. The van der Waals surface area contributed by atoms with E-state index in [1.807, 2.05) is 6.20 Å². The molecule has 6 nitrogen and oxygen atoms in total. The average molecular weight is 362 g/mol. The van der Waals surface area contributed by atoms with Crippen molar-refractivity contribution in [3.05, 3.63) is 53.7 Å². The van der Waals surface area contributed by atoms with Crippen LogP contribution in [0.1, 0.15) is 30.5 Å². The fraction of sp³-hybridized carbons (Fsp3) is 0.381. The number of benzene rings is 1. The highest BCUT2D eigenvalue weighted by Gasteiger charge is 2.33. The Bertz CT molecular complexity index is 941. The fourth-order valence-corrected chi connectivity index (χ4v) is 4.49. The number of rotatable bonds is 3. The molecule has 4 heterocycles. The molecule has 2 aromatic heterocycles. The third kappa shape index (κ3) is 2.80. The predicted molar refractivity (Wildman–Crippen MR) is 108 cm³/mol. The van der Waals surface area contributed by atoms with Crippen molar-refractivity contribution >= 4 is 11.6 Å². The molecule has 3 aromatic rings. The first-order valence-corrected chi connectivity index (χ1v) is 9.75. The average Bonchev–Trinajstić information content (AvgIpc) is 3.28. The van der Waals surface area contributed by atoms with Crippen LogP contribution in [-0.4, -0.2) is 32.8 Å². The summed E-state index contributed by atoms with van der Waals surface area (Å²) in [6, 6.07) is 13.2. The number of hydrogen-bond acceptors (Lipinski definition) is 4. The highest BCUT2D eigenvalue weighted by molar-refractivity contribution is 5.81. The number of aromatic nitrogens is 3. The van der Waals surface area contributed by atoms with Gasteiger partial charge in [0.05, 0.1) is 11.7 Å². The molecule has 27 heavy (non-hydrogen) atoms. The molecular formula is C21H26N6. The van der Waals surface area contributed by atoms with Crippen molar-refractivity contribution in [1.82, 2.24) is 19.7 Å². The molecule has 140 valence electrons. The van der Waals surface area contributed by atoms with Crippen molar-refractivity contribution in [1.29, 1.82) is 0 Å². The lowest BCUT2D eigenvalue weighted by Crippen LogP contribution is -2.41. The van der Waals surface area contributed by atoms with Crippen LogP contribution in [0.4, 0.5) is 11.6 Å². The molecule has 1 saturated heterocycles. The summed E-state index contributed by atoms with van der Waals surface area (Å²) in [7, 11) is 0. The van der Waals surface area contributed by atoms with Crippen molar-refractivity contribution < 1.29 is 0 Å². The van der Waals surface area contributed by atoms with Crippen molar-refractivity contribution in [2.75, 3.05) is 24.1 Å². The lowest BCUT2D eigenvalue weighted by Gasteiger charge is -2.38. The molecule has 0 spiro atoms. The highest BCUT2D eigenvalue weighted by atomic mass is 15.4. The van der Waals surface area contributed by atoms with E-state index < -0.39 is 0 Å². The zero-order chi connectivity index (χ0) is 18.4. The van der Waals surface area contributed by atoms with Crippen LogP contribution in [0.15, 0.2) is 42.6 Å². The van der Waals surface area contributed by atoms with E-state index in [9.17, 15) is 0 Å². The molecule has 0 unspecified atom stereocenters. The minimum Gasteiger partial charge on any atom is -0.382 e. The van der Waals surface area contributed by atoms with Crippen LogP contribution in [0, 0.1) is 5.92 Å². The zero-order valence-corrected chi connectivity index (χ0v) is 15.7. The van der Waals surface area contributed by atoms with E-state index in [-0.39, 0.29) is 0 Å². The van der Waals surface area contributed by atoms with Crippen LogP contribution in [0.2, 0.25) is 0 Å². The number of aromatic amines is 1. The van der Waals surface area contributed by atoms with E-state index in [2.05, 4.69) is 63.2 Å². The minimum atomic E-state index is 0.328. The molecule has 0 bridgehead atoms. The van der Waals surface area contributed by atoms with Gasteiger partial charge in [0.25, 0.3) is 0 Å². The van der Waals surface area contributed by atoms with Crippen molar-refractivity contribution in [2.45, 2.75) is 32.5 Å². The first-order chi connectivity index (χ1) is 13.2. The number of nitrogen functional groups attached to an aromatic ring is 1. The summed E-state index contributed by atoms with van der Waals surface area (Å²) in [5, 5.41) is 8.21. The van der Waals surface area contributed by atoms with Gasteiger partial charge in [0.15, 0.2) is 5.82 Å². The summed E-state index contributed by atoms with van der Waals surface area (Å²) in [6.07, 6.45) is 3.15. The van der Waals surface area contributed by atoms with Crippen molar-refractivity contribution in [3.8, 4) is 11.3 Å². The summed E-state index contributed by atoms with van der Waals surface area (Å²) >= 11 is 0. The van der Waals surface area contributed by atoms with Gasteiger partial charge in [-0.15, -0.1) is 0 Å². The number of fused-ring (bicyclic) bond motifs is 3. The summed E-state index contributed by atoms with van der Waals surface area (Å²) < 4.78 is 2.21. The second-order valence-corrected chi connectivity index (χ2v) is 7.83. The zero-order valence-electron chi connectivity index (χ0n) is 15.7. The van der Waals surface area contributed by atoms with Crippen LogP contribution in [0.3, 0.4) is 0 Å². The molecule has 4 N–H and O–H groups in total. The van der Waals surface area contributed by atoms with E-state index in [0.29, 0.717) is 17.8 Å². The third-order valence-corrected chi connectivity index (χ3v) is 6.05. The molecular weight excluding hydrogens is 336 g/mol. The smallest absolute Gasteiger partial charge is 0.151 e. The van der Waals surface area contributed by atoms with Gasteiger partial charge in [-0.1, -0.05) is 37.3 Å². The lowest BCUT2D eigenvalue weighted by atomic mass is 9.92. The molecule has 1 fully saturated rings. The number of nitrogens with zero attached hydrogens (tertiary/aromatic N) is 3. The first-order valence-electron chi connectivity index (χ1n) is 9.75. The number of nitrogens with one attached hydrogen (secondary N) is 2. The van der Waals surface area contributed by atoms with Crippen molar-refractivity contribution in [3.63, 3.8) is 0 Å². The van der Waals surface area contributed by atoms with Gasteiger partial charge in [-0.2, -0.15) is 5.10 Å². The van der Waals surface area contributed by atoms with Crippen LogP contribution in [0.25, 0.3) is 11.3 Å². The molecule has 6 heteroatoms. The normalized spacial score (nSPS) is 22.1. The SMILES string of the molecule is C[C@@H]1CCN(Cc2ccccc2)C[C@@H]1n1nc(N)c2c1-c1cc[nH]c1NC2. The Morgan fingerprint density at radius 3 is 2.93 bits per heavy atom. The molecule has 2 aliphatic rings. The Morgan fingerprint density at radius 1 is 1.22 bits per heavy atom. The summed E-state index contributed by atoms with van der Waals surface area (Å²) in [6.45, 7) is 6.18. The second kappa shape index (κ2) is 6.46. The summed E-state index contributed by atoms with van der Waals surface area (Å²) in [5.41, 5.74) is 11.1. The Hall–Kier alpha value is -2.73. The number of hydrogen-bond donors (Lipinski definition) is 3. The quantitative estimate of drug-likeness (QED) is 0.667. The summed E-state index contributed by atoms with van der Waals surface area (Å²) in [5.74, 6) is 2.28. The molecule has 2 atom stereocenters. The van der Waals surface area contributed by atoms with Gasteiger partial charge in [-0.3, -0.25) is 9.58 Å². The van der Waals surface area contributed by atoms with Crippen LogP contribution >= 0.6 is 0 Å². The number of piperidine rings is 1. The minimum absolute atomic E-state index is 0.328. The van der Waals surface area contributed by atoms with Gasteiger partial charge in [-0.25, -0.2) is 0 Å². The number of likely N-dealkylation sites (tertiary alicyclic amines) is 1. The molecule has 0 aliphatic carbocycles. The maximum absolute atomic E-state index is 6.30. The number of H-pyrrole nitrogens is 1. The maximum atomic E-state index is 6.30. The van der Waals surface area contributed by atoms with Crippen molar-refractivity contribution in [2.24, 2.45) is 5.92 Å². The van der Waals surface area contributed by atoms with E-state index in [4.69, 9.17) is 10.8 Å². The summed E-state index contributed by atoms with van der Waals surface area (Å²) in [4.78, 5) is 5.83. The van der Waals surface area contributed by atoms with Gasteiger partial charge in [0.1, 0.15) is 5.82 Å². The Kier molecular flexibility index (Phi) is 3.93. The molecule has 2 aliphatic heterocycles. The maximum Gasteiger partial charge on any atom is 0.151 e. The number of anilines is 2. The van der Waals surface area contributed by atoms with Gasteiger partial charge in [-0.05, 0) is 30.5 Å². The van der Waals surface area contributed by atoms with Gasteiger partial charge >= 0.3 is 0 Å². The third-order valence-electron chi connectivity index (χ3n) is 6.05. The number of nitrogens with two attached hydrogens (primary N) is 1. The van der Waals surface area contributed by atoms with E-state index in [1.165, 1.54) is 23.2 Å². The first kappa shape index (κ1) is 16.4. The predicted octanol–water partition coefficient (Wildman–Crippen LogP) is 3.47.